The van der Waals surface area contributed by atoms with Gasteiger partial charge in [0.15, 0.2) is 0 Å². The van der Waals surface area contributed by atoms with Gasteiger partial charge in [-0.1, -0.05) is 0 Å². The molecule has 1 aromatic carbocycles. The number of primary amides is 1. The lowest BCUT2D eigenvalue weighted by atomic mass is 9.73. The Hall–Kier alpha value is -1.92. The van der Waals surface area contributed by atoms with Crippen LogP contribution in [0.25, 0.3) is 0 Å². The summed E-state index contributed by atoms with van der Waals surface area (Å²) in [6.07, 6.45) is 3.69. The maximum absolute atomic E-state index is 14.2. The van der Waals surface area contributed by atoms with Crippen molar-refractivity contribution in [2.75, 3.05) is 14.1 Å². The molecule has 0 unspecified atom stereocenters. The molecule has 3 rings (SSSR count). The third-order valence-corrected chi connectivity index (χ3v) is 9.01. The minimum atomic E-state index is -0.478. The third-order valence-electron chi connectivity index (χ3n) is 9.01. The van der Waals surface area contributed by atoms with Gasteiger partial charge >= 0.3 is 0 Å². The maximum atomic E-state index is 14.2. The van der Waals surface area contributed by atoms with Crippen LogP contribution in [-0.2, 0) is 0 Å². The molecule has 6 nitrogen and oxygen atoms in total. The molecule has 2 saturated heterocycles. The molecule has 1 aromatic rings. The molecule has 2 amide bonds. The maximum Gasteiger partial charge on any atom is 0.254 e. The lowest BCUT2D eigenvalue weighted by Crippen LogP contribution is -2.68. The van der Waals surface area contributed by atoms with Crippen molar-refractivity contribution in [1.29, 1.82) is 0 Å². The topological polar surface area (TPSA) is 69.9 Å². The van der Waals surface area contributed by atoms with Gasteiger partial charge in [-0.25, -0.2) is 0 Å². The molecule has 190 valence electrons. The van der Waals surface area contributed by atoms with Gasteiger partial charge in [-0.15, -0.1) is 0 Å². The quantitative estimate of drug-likeness (QED) is 0.702. The molecule has 34 heavy (non-hydrogen) atoms. The first kappa shape index (κ1) is 26.7. The average Bonchev–Trinajstić information content (AvgIpc) is 2.69. The van der Waals surface area contributed by atoms with Crippen molar-refractivity contribution >= 4 is 11.8 Å². The zero-order chi connectivity index (χ0) is 25.9. The van der Waals surface area contributed by atoms with Crippen LogP contribution in [0.4, 0.5) is 0 Å². The molecule has 2 heterocycles. The van der Waals surface area contributed by atoms with Crippen LogP contribution in [0, 0.1) is 0 Å². The highest BCUT2D eigenvalue weighted by atomic mass is 16.2. The molecule has 0 spiro atoms. The predicted molar refractivity (Wildman–Crippen MR) is 139 cm³/mol. The van der Waals surface area contributed by atoms with E-state index in [1.165, 1.54) is 0 Å². The van der Waals surface area contributed by atoms with Crippen LogP contribution in [0.2, 0.25) is 0 Å². The van der Waals surface area contributed by atoms with E-state index in [-0.39, 0.29) is 40.1 Å². The van der Waals surface area contributed by atoms with Crippen LogP contribution in [0.3, 0.4) is 0 Å². The van der Waals surface area contributed by atoms with Gasteiger partial charge in [-0.2, -0.15) is 0 Å². The van der Waals surface area contributed by atoms with Crippen LogP contribution in [0.1, 0.15) is 102 Å². The van der Waals surface area contributed by atoms with Crippen molar-refractivity contribution in [1.82, 2.24) is 14.7 Å². The number of nitrogens with two attached hydrogens (primary N) is 1. The number of carbonyl (C=O) groups is 2. The smallest absolute Gasteiger partial charge is 0.254 e. The molecule has 0 bridgehead atoms. The molecule has 2 aliphatic rings. The minimum Gasteiger partial charge on any atom is -0.366 e. The van der Waals surface area contributed by atoms with Crippen molar-refractivity contribution in [3.05, 3.63) is 35.4 Å². The fourth-order valence-corrected chi connectivity index (χ4v) is 6.59. The number of rotatable bonds is 4. The van der Waals surface area contributed by atoms with E-state index < -0.39 is 5.91 Å². The third kappa shape index (κ3) is 4.90. The number of hydrogen-bond acceptors (Lipinski definition) is 4. The molecule has 0 aliphatic carbocycles. The summed E-state index contributed by atoms with van der Waals surface area (Å²) in [6, 6.07) is 7.10. The largest absolute Gasteiger partial charge is 0.366 e. The molecule has 0 aromatic heterocycles. The minimum absolute atomic E-state index is 0.0305. The van der Waals surface area contributed by atoms with E-state index >= 15 is 0 Å². The summed E-state index contributed by atoms with van der Waals surface area (Å²) >= 11 is 0. The Morgan fingerprint density at radius 1 is 0.706 bits per heavy atom. The van der Waals surface area contributed by atoms with Gasteiger partial charge in [0.25, 0.3) is 5.91 Å². The summed E-state index contributed by atoms with van der Waals surface area (Å²) < 4.78 is 0. The number of carbonyl (C=O) groups excluding carboxylic acids is 2. The molecule has 0 saturated carbocycles. The van der Waals surface area contributed by atoms with Crippen molar-refractivity contribution in [2.24, 2.45) is 5.73 Å². The van der Waals surface area contributed by atoms with Gasteiger partial charge in [0, 0.05) is 45.4 Å². The molecule has 0 atom stereocenters. The molecule has 0 radical (unpaired) electrons. The monoisotopic (exact) mass is 470 g/mol. The van der Waals surface area contributed by atoms with E-state index in [4.69, 9.17) is 5.73 Å². The second-order valence-electron chi connectivity index (χ2n) is 13.1. The fraction of sp³-hybridized carbons (Fsp3) is 0.714. The summed E-state index contributed by atoms with van der Waals surface area (Å²) in [5.74, 6) is -0.424. The number of benzene rings is 1. The van der Waals surface area contributed by atoms with Gasteiger partial charge < -0.3 is 10.6 Å². The van der Waals surface area contributed by atoms with Crippen molar-refractivity contribution < 1.29 is 9.59 Å². The van der Waals surface area contributed by atoms with Crippen molar-refractivity contribution in [2.45, 2.75) is 115 Å². The Morgan fingerprint density at radius 2 is 1.00 bits per heavy atom. The Kier molecular flexibility index (Phi) is 6.77. The molecule has 2 fully saturated rings. The average molecular weight is 471 g/mol. The van der Waals surface area contributed by atoms with Gasteiger partial charge in [0.1, 0.15) is 0 Å². The first-order valence-electron chi connectivity index (χ1n) is 12.6. The van der Waals surface area contributed by atoms with Crippen molar-refractivity contribution in [3.8, 4) is 0 Å². The number of nitrogens with zero attached hydrogens (tertiary/aromatic N) is 3. The lowest BCUT2D eigenvalue weighted by Gasteiger charge is -2.60. The van der Waals surface area contributed by atoms with E-state index in [0.717, 1.165) is 25.7 Å². The van der Waals surface area contributed by atoms with E-state index in [1.54, 1.807) is 24.3 Å². The summed E-state index contributed by atoms with van der Waals surface area (Å²) in [4.78, 5) is 32.9. The molecule has 2 N–H and O–H groups in total. The number of likely N-dealkylation sites (tertiary alicyclic amines) is 2. The highest BCUT2D eigenvalue weighted by molar-refractivity contribution is 5.97. The summed E-state index contributed by atoms with van der Waals surface area (Å²) in [6.45, 7) is 18.3. The number of piperidine rings is 2. The van der Waals surface area contributed by atoms with Gasteiger partial charge in [0.2, 0.25) is 5.91 Å². The summed E-state index contributed by atoms with van der Waals surface area (Å²) in [7, 11) is 4.40. The molecular weight excluding hydrogens is 424 g/mol. The Labute approximate surface area is 206 Å². The Bertz CT molecular complexity index is 854. The number of amides is 2. The van der Waals surface area contributed by atoms with E-state index in [9.17, 15) is 9.59 Å². The van der Waals surface area contributed by atoms with Crippen LogP contribution in [0.5, 0.6) is 0 Å². The second-order valence-corrected chi connectivity index (χ2v) is 13.1. The Morgan fingerprint density at radius 3 is 1.29 bits per heavy atom. The normalized spacial score (nSPS) is 25.1. The van der Waals surface area contributed by atoms with Gasteiger partial charge in [-0.3, -0.25) is 19.4 Å². The van der Waals surface area contributed by atoms with E-state index in [0.29, 0.717) is 11.1 Å². The van der Waals surface area contributed by atoms with E-state index in [2.05, 4.69) is 84.2 Å². The van der Waals surface area contributed by atoms with Crippen LogP contribution < -0.4 is 5.73 Å². The SMILES string of the molecule is CN1C(C)(C)CC(N(C(=O)c2ccc(C(N)=O)cc2)C2CC(C)(C)N(C)C(C)(C)C2)CC1(C)C. The second kappa shape index (κ2) is 8.63. The first-order valence-corrected chi connectivity index (χ1v) is 12.6. The summed E-state index contributed by atoms with van der Waals surface area (Å²) in [5.41, 5.74) is 6.36. The standard InChI is InChI=1S/C28H46N4O2/c1-25(2)15-21(16-26(3,4)30(25)9)32(22-17-27(5,6)31(10)28(7,8)18-22)24(34)20-13-11-19(12-14-20)23(29)33/h11-14,21-22H,15-18H2,1-10H3,(H2,29,33). The van der Waals surface area contributed by atoms with Gasteiger partial charge in [-0.05, 0) is 119 Å². The van der Waals surface area contributed by atoms with Crippen molar-refractivity contribution in [3.63, 3.8) is 0 Å². The highest BCUT2D eigenvalue weighted by Crippen LogP contribution is 2.44. The number of hydrogen-bond donors (Lipinski definition) is 1. The molecule has 6 heteroatoms. The predicted octanol–water partition coefficient (Wildman–Crippen LogP) is 4.53. The highest BCUT2D eigenvalue weighted by Gasteiger charge is 2.51. The van der Waals surface area contributed by atoms with E-state index in [1.807, 2.05) is 0 Å². The lowest BCUT2D eigenvalue weighted by molar-refractivity contribution is -0.0802. The fourth-order valence-electron chi connectivity index (χ4n) is 6.59. The van der Waals surface area contributed by atoms with Crippen LogP contribution >= 0.6 is 0 Å². The zero-order valence-corrected chi connectivity index (χ0v) is 23.0. The Balaban J connectivity index is 2.06. The molecule has 2 aliphatic heterocycles. The zero-order valence-electron chi connectivity index (χ0n) is 23.0. The van der Waals surface area contributed by atoms with Crippen LogP contribution in [0.15, 0.2) is 24.3 Å². The first-order chi connectivity index (χ1) is 15.4. The summed E-state index contributed by atoms with van der Waals surface area (Å²) in [5, 5.41) is 0. The van der Waals surface area contributed by atoms with Crippen LogP contribution in [-0.4, -0.2) is 74.8 Å². The molecular formula is C28H46N4O2. The van der Waals surface area contributed by atoms with Gasteiger partial charge in [0.05, 0.1) is 0 Å².